The molecule has 0 radical (unpaired) electrons. The van der Waals surface area contributed by atoms with E-state index in [1.54, 1.807) is 0 Å². The first-order chi connectivity index (χ1) is 9.58. The predicted octanol–water partition coefficient (Wildman–Crippen LogP) is 0.913. The van der Waals surface area contributed by atoms with Gasteiger partial charge in [0.25, 0.3) is 0 Å². The molecule has 1 aromatic carbocycles. The van der Waals surface area contributed by atoms with Gasteiger partial charge in [0.15, 0.2) is 0 Å². The lowest BCUT2D eigenvalue weighted by atomic mass is 10.1. The fraction of sp³-hybridized carbons (Fsp3) is 0.417. The average molecular weight is 324 g/mol. The topological polar surface area (TPSA) is 75.3 Å². The van der Waals surface area contributed by atoms with Crippen molar-refractivity contribution in [1.82, 2.24) is 10.0 Å². The van der Waals surface area contributed by atoms with Crippen LogP contribution >= 0.6 is 0 Å². The smallest absolute Gasteiger partial charge is 0.355 e. The lowest BCUT2D eigenvalue weighted by Gasteiger charge is -2.09. The maximum atomic E-state index is 12.5. The molecule has 0 heterocycles. The molecule has 0 fully saturated rings. The number of hydrogen-bond donors (Lipinski definition) is 2. The zero-order valence-corrected chi connectivity index (χ0v) is 12.0. The van der Waals surface area contributed by atoms with Gasteiger partial charge in [-0.05, 0) is 11.6 Å². The maximum Gasteiger partial charge on any atom is 0.416 e. The van der Waals surface area contributed by atoms with Gasteiger partial charge in [-0.1, -0.05) is 18.2 Å². The van der Waals surface area contributed by atoms with Crippen LogP contribution < -0.4 is 10.0 Å². The molecule has 2 N–H and O–H groups in total. The normalized spacial score (nSPS) is 12.2. The number of carbonyl (C=O) groups excluding carboxylic acids is 1. The van der Waals surface area contributed by atoms with Gasteiger partial charge in [0.1, 0.15) is 0 Å². The van der Waals surface area contributed by atoms with E-state index in [1.807, 2.05) is 0 Å². The van der Waals surface area contributed by atoms with E-state index in [4.69, 9.17) is 0 Å². The largest absolute Gasteiger partial charge is 0.416 e. The van der Waals surface area contributed by atoms with Crippen LogP contribution in [0.4, 0.5) is 13.2 Å². The third-order valence-corrected chi connectivity index (χ3v) is 3.16. The molecule has 0 atom stereocenters. The minimum atomic E-state index is -4.45. The van der Waals surface area contributed by atoms with Gasteiger partial charge < -0.3 is 5.32 Å². The first kappa shape index (κ1) is 17.4. The molecule has 0 bridgehead atoms. The van der Waals surface area contributed by atoms with Gasteiger partial charge in [0, 0.05) is 13.1 Å². The molecule has 9 heteroatoms. The number of benzene rings is 1. The highest BCUT2D eigenvalue weighted by molar-refractivity contribution is 7.88. The summed E-state index contributed by atoms with van der Waals surface area (Å²) in [6.07, 6.45) is -3.67. The molecule has 1 aromatic rings. The van der Waals surface area contributed by atoms with E-state index < -0.39 is 27.7 Å². The predicted molar refractivity (Wildman–Crippen MR) is 71.0 cm³/mol. The van der Waals surface area contributed by atoms with E-state index >= 15 is 0 Å². The van der Waals surface area contributed by atoms with Crippen LogP contribution in [0.25, 0.3) is 0 Å². The summed E-state index contributed by atoms with van der Waals surface area (Å²) in [5.41, 5.74) is -0.579. The highest BCUT2D eigenvalue weighted by Crippen LogP contribution is 2.29. The third kappa shape index (κ3) is 7.09. The molecule has 0 aliphatic rings. The molecule has 118 valence electrons. The molecule has 0 saturated carbocycles. The van der Waals surface area contributed by atoms with Crippen molar-refractivity contribution in [2.24, 2.45) is 0 Å². The quantitative estimate of drug-likeness (QED) is 0.764. The second-order valence-electron chi connectivity index (χ2n) is 4.39. The Kier molecular flexibility index (Phi) is 5.73. The van der Waals surface area contributed by atoms with Crippen molar-refractivity contribution in [2.45, 2.75) is 12.6 Å². The van der Waals surface area contributed by atoms with Crippen molar-refractivity contribution in [2.75, 3.05) is 19.3 Å². The van der Waals surface area contributed by atoms with E-state index in [0.29, 0.717) is 0 Å². The molecule has 21 heavy (non-hydrogen) atoms. The zero-order chi connectivity index (χ0) is 16.1. The number of hydrogen-bond acceptors (Lipinski definition) is 3. The Hall–Kier alpha value is -1.61. The van der Waals surface area contributed by atoms with Crippen LogP contribution in [0, 0.1) is 0 Å². The summed E-state index contributed by atoms with van der Waals surface area (Å²) in [4.78, 5) is 11.5. The number of carbonyl (C=O) groups is 1. The Morgan fingerprint density at radius 1 is 1.24 bits per heavy atom. The van der Waals surface area contributed by atoms with Crippen LogP contribution in [-0.4, -0.2) is 33.7 Å². The lowest BCUT2D eigenvalue weighted by molar-refractivity contribution is -0.137. The molecular formula is C12H15F3N2O3S. The van der Waals surface area contributed by atoms with E-state index in [0.717, 1.165) is 18.4 Å². The number of rotatable bonds is 6. The van der Waals surface area contributed by atoms with Gasteiger partial charge in [-0.15, -0.1) is 0 Å². The van der Waals surface area contributed by atoms with E-state index in [9.17, 15) is 26.4 Å². The molecule has 0 spiro atoms. The molecule has 0 unspecified atom stereocenters. The van der Waals surface area contributed by atoms with E-state index in [2.05, 4.69) is 10.0 Å². The first-order valence-electron chi connectivity index (χ1n) is 5.95. The summed E-state index contributed by atoms with van der Waals surface area (Å²) in [7, 11) is -3.33. The molecule has 0 aliphatic carbocycles. The van der Waals surface area contributed by atoms with Crippen molar-refractivity contribution in [3.63, 3.8) is 0 Å². The van der Waals surface area contributed by atoms with Crippen LogP contribution in [0.1, 0.15) is 11.1 Å². The standard InChI is InChI=1S/C12H15F3N2O3S/c1-21(19,20)17-6-5-16-11(18)8-9-3-2-4-10(7-9)12(13,14)15/h2-4,7,17H,5-6,8H2,1H3,(H,16,18). The van der Waals surface area contributed by atoms with Crippen molar-refractivity contribution < 1.29 is 26.4 Å². The highest BCUT2D eigenvalue weighted by atomic mass is 32.2. The number of alkyl halides is 3. The van der Waals surface area contributed by atoms with Crippen LogP contribution in [0.15, 0.2) is 24.3 Å². The minimum absolute atomic E-state index is 0.0210. The Morgan fingerprint density at radius 2 is 1.90 bits per heavy atom. The van der Waals surface area contributed by atoms with Gasteiger partial charge in [-0.2, -0.15) is 13.2 Å². The number of amides is 1. The van der Waals surface area contributed by atoms with Gasteiger partial charge in [0.2, 0.25) is 15.9 Å². The average Bonchev–Trinajstić information content (AvgIpc) is 2.33. The molecule has 1 rings (SSSR count). The molecule has 0 saturated heterocycles. The molecule has 0 aromatic heterocycles. The third-order valence-electron chi connectivity index (χ3n) is 2.43. The van der Waals surface area contributed by atoms with Gasteiger partial charge in [0.05, 0.1) is 18.2 Å². The van der Waals surface area contributed by atoms with Crippen molar-refractivity contribution in [1.29, 1.82) is 0 Å². The Bertz CT molecular complexity index is 600. The minimum Gasteiger partial charge on any atom is -0.355 e. The Balaban J connectivity index is 2.48. The second kappa shape index (κ2) is 6.90. The summed E-state index contributed by atoms with van der Waals surface area (Å²) < 4.78 is 61.2. The first-order valence-corrected chi connectivity index (χ1v) is 7.84. The van der Waals surface area contributed by atoms with E-state index in [1.165, 1.54) is 12.1 Å². The van der Waals surface area contributed by atoms with Crippen LogP contribution in [0.2, 0.25) is 0 Å². The highest BCUT2D eigenvalue weighted by Gasteiger charge is 2.30. The summed E-state index contributed by atoms with van der Waals surface area (Å²) in [6, 6.07) is 4.49. The molecular weight excluding hydrogens is 309 g/mol. The number of sulfonamides is 1. The molecule has 5 nitrogen and oxygen atoms in total. The van der Waals surface area contributed by atoms with Crippen LogP contribution in [-0.2, 0) is 27.4 Å². The number of halogens is 3. The van der Waals surface area contributed by atoms with Crippen molar-refractivity contribution in [3.05, 3.63) is 35.4 Å². The maximum absolute atomic E-state index is 12.5. The van der Waals surface area contributed by atoms with Gasteiger partial charge in [-0.3, -0.25) is 4.79 Å². The summed E-state index contributed by atoms with van der Waals surface area (Å²) in [6.45, 7) is 0.0814. The zero-order valence-electron chi connectivity index (χ0n) is 11.2. The van der Waals surface area contributed by atoms with Crippen LogP contribution in [0.5, 0.6) is 0 Å². The van der Waals surface area contributed by atoms with E-state index in [-0.39, 0.29) is 25.1 Å². The summed E-state index contributed by atoms with van der Waals surface area (Å²) >= 11 is 0. The Labute approximate surface area is 120 Å². The molecule has 1 amide bonds. The Morgan fingerprint density at radius 3 is 2.48 bits per heavy atom. The van der Waals surface area contributed by atoms with Crippen LogP contribution in [0.3, 0.4) is 0 Å². The summed E-state index contributed by atoms with van der Waals surface area (Å²) in [5.74, 6) is -0.482. The van der Waals surface area contributed by atoms with Gasteiger partial charge >= 0.3 is 6.18 Å². The van der Waals surface area contributed by atoms with Gasteiger partial charge in [-0.25, -0.2) is 13.1 Å². The monoisotopic (exact) mass is 324 g/mol. The molecule has 0 aliphatic heterocycles. The van der Waals surface area contributed by atoms with Crippen molar-refractivity contribution in [3.8, 4) is 0 Å². The SMILES string of the molecule is CS(=O)(=O)NCCNC(=O)Cc1cccc(C(F)(F)F)c1. The number of nitrogens with one attached hydrogen (secondary N) is 2. The lowest BCUT2D eigenvalue weighted by Crippen LogP contribution is -2.34. The van der Waals surface area contributed by atoms with Crippen molar-refractivity contribution >= 4 is 15.9 Å². The fourth-order valence-corrected chi connectivity index (χ4v) is 2.02. The fourth-order valence-electron chi connectivity index (χ4n) is 1.54. The summed E-state index contributed by atoms with van der Waals surface area (Å²) in [5, 5.41) is 2.41. The second-order valence-corrected chi connectivity index (χ2v) is 6.22.